The fourth-order valence-electron chi connectivity index (χ4n) is 2.00. The minimum atomic E-state index is -0.218. The van der Waals surface area contributed by atoms with Crippen LogP contribution in [0.1, 0.15) is 17.4 Å². The van der Waals surface area contributed by atoms with E-state index in [0.29, 0.717) is 11.5 Å². The summed E-state index contributed by atoms with van der Waals surface area (Å²) in [4.78, 5) is 18.6. The molecule has 0 aliphatic rings. The zero-order chi connectivity index (χ0) is 15.2. The highest BCUT2D eigenvalue weighted by molar-refractivity contribution is 6.04. The van der Waals surface area contributed by atoms with E-state index in [1.54, 1.807) is 6.07 Å². The first-order valence-corrected chi connectivity index (χ1v) is 6.90. The van der Waals surface area contributed by atoms with Crippen molar-refractivity contribution < 1.29 is 4.79 Å². The Bertz CT molecular complexity index is 625. The molecule has 0 radical (unpaired) electrons. The van der Waals surface area contributed by atoms with Gasteiger partial charge in [0.25, 0.3) is 5.91 Å². The standard InChI is InChI=1S/C16H20N4O/c1-4-17-15-11-7-9-13(18-15)16(21)19-12-8-5-6-10-14(12)20(2)3/h5-11H,4H2,1-3H3,(H,17,18)(H,19,21). The van der Waals surface area contributed by atoms with Crippen LogP contribution in [0.25, 0.3) is 0 Å². The number of hydrogen-bond donors (Lipinski definition) is 2. The van der Waals surface area contributed by atoms with Crippen LogP contribution in [-0.4, -0.2) is 31.5 Å². The average Bonchev–Trinajstić information content (AvgIpc) is 2.48. The van der Waals surface area contributed by atoms with Crippen molar-refractivity contribution in [1.29, 1.82) is 0 Å². The van der Waals surface area contributed by atoms with Crippen molar-refractivity contribution in [3.63, 3.8) is 0 Å². The van der Waals surface area contributed by atoms with Crippen LogP contribution in [0.15, 0.2) is 42.5 Å². The van der Waals surface area contributed by atoms with E-state index >= 15 is 0 Å². The lowest BCUT2D eigenvalue weighted by atomic mass is 10.2. The number of aromatic nitrogens is 1. The average molecular weight is 284 g/mol. The minimum absolute atomic E-state index is 0.218. The monoisotopic (exact) mass is 284 g/mol. The van der Waals surface area contributed by atoms with E-state index in [1.165, 1.54) is 0 Å². The molecule has 0 bridgehead atoms. The molecule has 21 heavy (non-hydrogen) atoms. The van der Waals surface area contributed by atoms with Gasteiger partial charge in [0.1, 0.15) is 11.5 Å². The maximum atomic E-state index is 12.3. The van der Waals surface area contributed by atoms with Crippen LogP contribution in [0.2, 0.25) is 0 Å². The lowest BCUT2D eigenvalue weighted by Gasteiger charge is -2.17. The molecule has 0 atom stereocenters. The van der Waals surface area contributed by atoms with Gasteiger partial charge in [-0.1, -0.05) is 18.2 Å². The van der Waals surface area contributed by atoms with Crippen LogP contribution >= 0.6 is 0 Å². The normalized spacial score (nSPS) is 10.0. The van der Waals surface area contributed by atoms with Crippen LogP contribution in [0.4, 0.5) is 17.2 Å². The molecule has 1 amide bonds. The molecule has 110 valence electrons. The van der Waals surface area contributed by atoms with Crippen molar-refractivity contribution in [1.82, 2.24) is 4.98 Å². The summed E-state index contributed by atoms with van der Waals surface area (Å²) in [6, 6.07) is 13.0. The Kier molecular flexibility index (Phi) is 4.77. The Hall–Kier alpha value is -2.56. The number of pyridine rings is 1. The number of rotatable bonds is 5. The smallest absolute Gasteiger partial charge is 0.274 e. The van der Waals surface area contributed by atoms with Crippen molar-refractivity contribution >= 4 is 23.1 Å². The van der Waals surface area contributed by atoms with Crippen molar-refractivity contribution in [3.05, 3.63) is 48.2 Å². The summed E-state index contributed by atoms with van der Waals surface area (Å²) in [5, 5.41) is 6.00. The van der Waals surface area contributed by atoms with Gasteiger partial charge in [-0.05, 0) is 31.2 Å². The minimum Gasteiger partial charge on any atom is -0.376 e. The number of carbonyl (C=O) groups is 1. The fourth-order valence-corrected chi connectivity index (χ4v) is 2.00. The van der Waals surface area contributed by atoms with Gasteiger partial charge in [-0.15, -0.1) is 0 Å². The summed E-state index contributed by atoms with van der Waals surface area (Å²) in [5.74, 6) is 0.482. The van der Waals surface area contributed by atoms with Crippen molar-refractivity contribution in [2.45, 2.75) is 6.92 Å². The zero-order valence-electron chi connectivity index (χ0n) is 12.6. The molecule has 0 saturated heterocycles. The molecule has 0 spiro atoms. The number of benzene rings is 1. The molecule has 2 aromatic rings. The lowest BCUT2D eigenvalue weighted by Crippen LogP contribution is -2.18. The van der Waals surface area contributed by atoms with Gasteiger partial charge in [0.15, 0.2) is 0 Å². The number of amides is 1. The summed E-state index contributed by atoms with van der Waals surface area (Å²) >= 11 is 0. The van der Waals surface area contributed by atoms with Crippen molar-refractivity contribution in [2.24, 2.45) is 0 Å². The number of carbonyl (C=O) groups excluding carboxylic acids is 1. The maximum Gasteiger partial charge on any atom is 0.274 e. The molecule has 5 heteroatoms. The highest BCUT2D eigenvalue weighted by atomic mass is 16.1. The van der Waals surface area contributed by atoms with Gasteiger partial charge in [0.2, 0.25) is 0 Å². The SMILES string of the molecule is CCNc1cccc(C(=O)Nc2ccccc2N(C)C)n1. The van der Waals surface area contributed by atoms with Crippen LogP contribution < -0.4 is 15.5 Å². The van der Waals surface area contributed by atoms with E-state index < -0.39 is 0 Å². The molecule has 2 N–H and O–H groups in total. The van der Waals surface area contributed by atoms with Crippen molar-refractivity contribution in [3.8, 4) is 0 Å². The lowest BCUT2D eigenvalue weighted by molar-refractivity contribution is 0.102. The number of para-hydroxylation sites is 2. The van der Waals surface area contributed by atoms with Crippen LogP contribution in [0.3, 0.4) is 0 Å². The largest absolute Gasteiger partial charge is 0.376 e. The summed E-state index contributed by atoms with van der Waals surface area (Å²) in [5.41, 5.74) is 2.11. The van der Waals surface area contributed by atoms with Gasteiger partial charge >= 0.3 is 0 Å². The second-order valence-corrected chi connectivity index (χ2v) is 4.80. The van der Waals surface area contributed by atoms with Gasteiger partial charge in [0.05, 0.1) is 11.4 Å². The number of hydrogen-bond acceptors (Lipinski definition) is 4. The van der Waals surface area contributed by atoms with Crippen molar-refractivity contribution in [2.75, 3.05) is 36.2 Å². The van der Waals surface area contributed by atoms with E-state index in [1.807, 2.05) is 62.3 Å². The fraction of sp³-hybridized carbons (Fsp3) is 0.250. The summed E-state index contributed by atoms with van der Waals surface area (Å²) in [7, 11) is 3.88. The van der Waals surface area contributed by atoms with Crippen LogP contribution in [0, 0.1) is 0 Å². The van der Waals surface area contributed by atoms with Gasteiger partial charge < -0.3 is 15.5 Å². The predicted molar refractivity (Wildman–Crippen MR) is 87.1 cm³/mol. The number of nitrogens with zero attached hydrogens (tertiary/aromatic N) is 2. The molecule has 0 saturated carbocycles. The molecule has 2 rings (SSSR count). The first-order chi connectivity index (χ1) is 10.1. The Balaban J connectivity index is 2.20. The Morgan fingerprint density at radius 1 is 1.14 bits per heavy atom. The molecule has 1 heterocycles. The quantitative estimate of drug-likeness (QED) is 0.886. The third-order valence-electron chi connectivity index (χ3n) is 2.97. The number of nitrogens with one attached hydrogen (secondary N) is 2. The van der Waals surface area contributed by atoms with E-state index in [-0.39, 0.29) is 5.91 Å². The van der Waals surface area contributed by atoms with E-state index in [4.69, 9.17) is 0 Å². The topological polar surface area (TPSA) is 57.3 Å². The van der Waals surface area contributed by atoms with Gasteiger partial charge in [-0.25, -0.2) is 4.98 Å². The molecule has 0 aliphatic carbocycles. The maximum absolute atomic E-state index is 12.3. The second-order valence-electron chi connectivity index (χ2n) is 4.80. The van der Waals surface area contributed by atoms with E-state index in [0.717, 1.165) is 17.9 Å². The highest BCUT2D eigenvalue weighted by Crippen LogP contribution is 2.23. The van der Waals surface area contributed by atoms with Gasteiger partial charge in [-0.2, -0.15) is 0 Å². The Morgan fingerprint density at radius 2 is 1.90 bits per heavy atom. The first kappa shape index (κ1) is 14.8. The number of anilines is 3. The van der Waals surface area contributed by atoms with Gasteiger partial charge in [-0.3, -0.25) is 4.79 Å². The predicted octanol–water partition coefficient (Wildman–Crippen LogP) is 2.83. The van der Waals surface area contributed by atoms with Gasteiger partial charge in [0, 0.05) is 20.6 Å². The highest BCUT2D eigenvalue weighted by Gasteiger charge is 2.11. The third kappa shape index (κ3) is 3.72. The Morgan fingerprint density at radius 3 is 2.62 bits per heavy atom. The molecule has 5 nitrogen and oxygen atoms in total. The summed E-state index contributed by atoms with van der Waals surface area (Å²) in [6.07, 6.45) is 0. The third-order valence-corrected chi connectivity index (χ3v) is 2.97. The zero-order valence-corrected chi connectivity index (χ0v) is 12.6. The molecule has 0 fully saturated rings. The molecular weight excluding hydrogens is 264 g/mol. The van der Waals surface area contributed by atoms with Crippen LogP contribution in [-0.2, 0) is 0 Å². The molecule has 1 aromatic carbocycles. The molecule has 0 aliphatic heterocycles. The van der Waals surface area contributed by atoms with E-state index in [9.17, 15) is 4.79 Å². The molecule has 0 unspecified atom stereocenters. The Labute approximate surface area is 125 Å². The molecular formula is C16H20N4O. The van der Waals surface area contributed by atoms with Crippen LogP contribution in [0.5, 0.6) is 0 Å². The summed E-state index contributed by atoms with van der Waals surface area (Å²) < 4.78 is 0. The molecule has 1 aromatic heterocycles. The second kappa shape index (κ2) is 6.74. The first-order valence-electron chi connectivity index (χ1n) is 6.90. The van der Waals surface area contributed by atoms with E-state index in [2.05, 4.69) is 15.6 Å². The summed E-state index contributed by atoms with van der Waals surface area (Å²) in [6.45, 7) is 2.75.